The molecule has 9 heteroatoms. The Hall–Kier alpha value is -1.78. The quantitative estimate of drug-likeness (QED) is 0.527. The number of carbonyl (C=O) groups is 1. The molecule has 0 atom stereocenters. The minimum absolute atomic E-state index is 0.140. The highest BCUT2D eigenvalue weighted by Gasteiger charge is 2.31. The molecule has 0 aliphatic carbocycles. The molecule has 2 aromatic carbocycles. The highest BCUT2D eigenvalue weighted by Crippen LogP contribution is 2.37. The first-order chi connectivity index (χ1) is 15.8. The summed E-state index contributed by atoms with van der Waals surface area (Å²) in [6, 6.07) is 14.0. The Morgan fingerprint density at radius 1 is 1.03 bits per heavy atom. The SMILES string of the molecule is CC(=O)N1CCc2cc(Br)cc(S(=O)(=O)NCCCN3CCN(Cc4ccccc4)CC3)c21. The van der Waals surface area contributed by atoms with Crippen LogP contribution in [-0.4, -0.2) is 69.9 Å². The lowest BCUT2D eigenvalue weighted by atomic mass is 10.2. The summed E-state index contributed by atoms with van der Waals surface area (Å²) in [6.45, 7) is 8.21. The van der Waals surface area contributed by atoms with E-state index in [2.05, 4.69) is 54.7 Å². The van der Waals surface area contributed by atoms with Gasteiger partial charge in [0.1, 0.15) is 4.90 Å². The molecule has 0 bridgehead atoms. The molecule has 0 spiro atoms. The van der Waals surface area contributed by atoms with Gasteiger partial charge in [-0.15, -0.1) is 0 Å². The van der Waals surface area contributed by atoms with E-state index in [4.69, 9.17) is 0 Å². The summed E-state index contributed by atoms with van der Waals surface area (Å²) < 4.78 is 29.6. The topological polar surface area (TPSA) is 73.0 Å². The zero-order valence-electron chi connectivity index (χ0n) is 19.0. The van der Waals surface area contributed by atoms with Gasteiger partial charge in [-0.05, 0) is 42.6 Å². The Bertz CT molecular complexity index is 1090. The number of halogens is 1. The van der Waals surface area contributed by atoms with Gasteiger partial charge in [-0.2, -0.15) is 0 Å². The number of carbonyl (C=O) groups excluding carboxylic acids is 1. The molecule has 2 aliphatic heterocycles. The van der Waals surface area contributed by atoms with Crippen LogP contribution in [0.2, 0.25) is 0 Å². The summed E-state index contributed by atoms with van der Waals surface area (Å²) in [5.74, 6) is -0.140. The third-order valence-corrected chi connectivity index (χ3v) is 8.25. The van der Waals surface area contributed by atoms with Gasteiger partial charge < -0.3 is 9.80 Å². The van der Waals surface area contributed by atoms with Crippen molar-refractivity contribution in [3.8, 4) is 0 Å². The summed E-state index contributed by atoms with van der Waals surface area (Å²) >= 11 is 3.42. The number of benzene rings is 2. The number of nitrogens with zero attached hydrogens (tertiary/aromatic N) is 3. The van der Waals surface area contributed by atoms with Gasteiger partial charge in [0.25, 0.3) is 0 Å². The molecular formula is C24H31BrN4O3S. The summed E-state index contributed by atoms with van der Waals surface area (Å²) in [4.78, 5) is 18.6. The van der Waals surface area contributed by atoms with Crippen LogP contribution in [0.25, 0.3) is 0 Å². The molecule has 1 fully saturated rings. The van der Waals surface area contributed by atoms with Crippen LogP contribution in [0.4, 0.5) is 5.69 Å². The molecule has 1 N–H and O–H groups in total. The molecule has 1 amide bonds. The van der Waals surface area contributed by atoms with Gasteiger partial charge in [0, 0.05) is 57.2 Å². The van der Waals surface area contributed by atoms with Crippen molar-refractivity contribution in [2.24, 2.45) is 0 Å². The molecule has 2 aromatic rings. The molecule has 2 aliphatic rings. The first kappa shape index (κ1) is 24.3. The number of sulfonamides is 1. The highest BCUT2D eigenvalue weighted by molar-refractivity contribution is 9.10. The van der Waals surface area contributed by atoms with E-state index in [0.29, 0.717) is 29.7 Å². The van der Waals surface area contributed by atoms with E-state index in [1.54, 1.807) is 11.0 Å². The Labute approximate surface area is 204 Å². The molecule has 0 saturated carbocycles. The lowest BCUT2D eigenvalue weighted by Gasteiger charge is -2.34. The molecular weight excluding hydrogens is 504 g/mol. The van der Waals surface area contributed by atoms with Gasteiger partial charge in [0.2, 0.25) is 15.9 Å². The van der Waals surface area contributed by atoms with Crippen LogP contribution < -0.4 is 9.62 Å². The lowest BCUT2D eigenvalue weighted by Crippen LogP contribution is -2.46. The fourth-order valence-corrected chi connectivity index (χ4v) is 6.59. The van der Waals surface area contributed by atoms with Crippen LogP contribution in [0.15, 0.2) is 51.8 Å². The van der Waals surface area contributed by atoms with Gasteiger partial charge in [0.05, 0.1) is 5.69 Å². The van der Waals surface area contributed by atoms with Crippen molar-refractivity contribution >= 4 is 37.5 Å². The number of hydrogen-bond acceptors (Lipinski definition) is 5. The van der Waals surface area contributed by atoms with Crippen molar-refractivity contribution in [3.63, 3.8) is 0 Å². The average molecular weight is 536 g/mol. The predicted octanol–water partition coefficient (Wildman–Crippen LogP) is 2.84. The molecule has 33 heavy (non-hydrogen) atoms. The van der Waals surface area contributed by atoms with Crippen molar-refractivity contribution < 1.29 is 13.2 Å². The van der Waals surface area contributed by atoms with Crippen molar-refractivity contribution in [1.82, 2.24) is 14.5 Å². The highest BCUT2D eigenvalue weighted by atomic mass is 79.9. The molecule has 2 heterocycles. The molecule has 178 valence electrons. The van der Waals surface area contributed by atoms with Crippen LogP contribution in [0.3, 0.4) is 0 Å². The maximum absolute atomic E-state index is 13.1. The second-order valence-corrected chi connectivity index (χ2v) is 11.3. The van der Waals surface area contributed by atoms with Crippen LogP contribution in [-0.2, 0) is 27.8 Å². The predicted molar refractivity (Wildman–Crippen MR) is 134 cm³/mol. The van der Waals surface area contributed by atoms with E-state index in [9.17, 15) is 13.2 Å². The van der Waals surface area contributed by atoms with E-state index in [0.717, 1.165) is 51.3 Å². The van der Waals surface area contributed by atoms with Crippen LogP contribution in [0.1, 0.15) is 24.5 Å². The van der Waals surface area contributed by atoms with E-state index in [1.165, 1.54) is 12.5 Å². The monoisotopic (exact) mass is 534 g/mol. The normalized spacial score (nSPS) is 17.3. The Morgan fingerprint density at radius 2 is 1.73 bits per heavy atom. The van der Waals surface area contributed by atoms with Gasteiger partial charge >= 0.3 is 0 Å². The number of amides is 1. The Morgan fingerprint density at radius 3 is 2.42 bits per heavy atom. The van der Waals surface area contributed by atoms with Crippen molar-refractivity contribution in [2.75, 3.05) is 50.7 Å². The summed E-state index contributed by atoms with van der Waals surface area (Å²) in [5, 5.41) is 0. The van der Waals surface area contributed by atoms with Crippen LogP contribution >= 0.6 is 15.9 Å². The Kier molecular flexibility index (Phi) is 7.86. The van der Waals surface area contributed by atoms with E-state index in [1.807, 2.05) is 12.1 Å². The average Bonchev–Trinajstić information content (AvgIpc) is 3.22. The van der Waals surface area contributed by atoms with Crippen molar-refractivity contribution in [2.45, 2.75) is 31.2 Å². The third kappa shape index (κ3) is 6.02. The smallest absolute Gasteiger partial charge is 0.242 e. The number of fused-ring (bicyclic) bond motifs is 1. The largest absolute Gasteiger partial charge is 0.311 e. The minimum Gasteiger partial charge on any atom is -0.311 e. The number of piperazine rings is 1. The van der Waals surface area contributed by atoms with Gasteiger partial charge in [0.15, 0.2) is 0 Å². The van der Waals surface area contributed by atoms with Crippen molar-refractivity contribution in [1.29, 1.82) is 0 Å². The summed E-state index contributed by atoms with van der Waals surface area (Å²) in [7, 11) is -3.72. The molecule has 0 radical (unpaired) electrons. The fraction of sp³-hybridized carbons (Fsp3) is 0.458. The zero-order chi connectivity index (χ0) is 23.4. The molecule has 0 aromatic heterocycles. The van der Waals surface area contributed by atoms with Crippen molar-refractivity contribution in [3.05, 3.63) is 58.1 Å². The van der Waals surface area contributed by atoms with E-state index in [-0.39, 0.29) is 10.8 Å². The van der Waals surface area contributed by atoms with Gasteiger partial charge in [-0.1, -0.05) is 46.3 Å². The number of hydrogen-bond donors (Lipinski definition) is 1. The third-order valence-electron chi connectivity index (χ3n) is 6.32. The summed E-state index contributed by atoms with van der Waals surface area (Å²) in [6.07, 6.45) is 1.40. The Balaban J connectivity index is 1.27. The molecule has 7 nitrogen and oxygen atoms in total. The molecule has 0 unspecified atom stereocenters. The maximum atomic E-state index is 13.1. The maximum Gasteiger partial charge on any atom is 0.242 e. The van der Waals surface area contributed by atoms with Crippen LogP contribution in [0, 0.1) is 0 Å². The number of anilines is 1. The first-order valence-electron chi connectivity index (χ1n) is 11.4. The number of nitrogens with one attached hydrogen (secondary N) is 1. The van der Waals surface area contributed by atoms with Gasteiger partial charge in [-0.3, -0.25) is 9.69 Å². The van der Waals surface area contributed by atoms with Crippen LogP contribution in [0.5, 0.6) is 0 Å². The molecule has 1 saturated heterocycles. The van der Waals surface area contributed by atoms with Gasteiger partial charge in [-0.25, -0.2) is 13.1 Å². The van der Waals surface area contributed by atoms with E-state index < -0.39 is 10.0 Å². The standard InChI is InChI=1S/C24H31BrN4O3S/c1-19(30)29-11-8-21-16-22(25)17-23(24(21)29)33(31,32)26-9-5-10-27-12-14-28(15-13-27)18-20-6-3-2-4-7-20/h2-4,6-7,16-17,26H,5,8-15,18H2,1H3. The number of rotatable bonds is 8. The second kappa shape index (κ2) is 10.7. The lowest BCUT2D eigenvalue weighted by molar-refractivity contribution is -0.116. The second-order valence-electron chi connectivity index (χ2n) is 8.69. The van der Waals surface area contributed by atoms with E-state index >= 15 is 0 Å². The zero-order valence-corrected chi connectivity index (χ0v) is 21.4. The summed E-state index contributed by atoms with van der Waals surface area (Å²) in [5.41, 5.74) is 2.74. The fourth-order valence-electron chi connectivity index (χ4n) is 4.59. The minimum atomic E-state index is -3.72. The molecule has 4 rings (SSSR count). The first-order valence-corrected chi connectivity index (χ1v) is 13.7.